The molecule has 1 N–H and O–H groups in total. The highest BCUT2D eigenvalue weighted by Crippen LogP contribution is 2.30. The van der Waals surface area contributed by atoms with E-state index in [0.29, 0.717) is 62.8 Å². The molecule has 0 spiro atoms. The molecule has 246 valence electrons. The summed E-state index contributed by atoms with van der Waals surface area (Å²) in [4.78, 5) is 41.8. The zero-order valence-electron chi connectivity index (χ0n) is 26.5. The summed E-state index contributed by atoms with van der Waals surface area (Å²) in [6.07, 6.45) is 6.23. The third-order valence-electron chi connectivity index (χ3n) is 9.71. The van der Waals surface area contributed by atoms with Crippen LogP contribution in [0.1, 0.15) is 47.3 Å². The normalized spacial score (nSPS) is 18.7. The van der Waals surface area contributed by atoms with Gasteiger partial charge in [-0.25, -0.2) is 23.5 Å². The first-order chi connectivity index (χ1) is 22.8. The number of rotatable bonds is 9. The number of carbonyl (C=O) groups is 2. The van der Waals surface area contributed by atoms with Gasteiger partial charge >= 0.3 is 6.03 Å². The number of fused-ring (bicyclic) bond motifs is 2. The van der Waals surface area contributed by atoms with Crippen LogP contribution in [0.2, 0.25) is 0 Å². The highest BCUT2D eigenvalue weighted by Gasteiger charge is 2.37. The molecule has 2 aromatic carbocycles. The number of piperidine rings is 1. The van der Waals surface area contributed by atoms with Crippen molar-refractivity contribution in [3.8, 4) is 5.75 Å². The Bertz CT molecular complexity index is 1790. The third-order valence-corrected chi connectivity index (χ3v) is 9.71. The lowest BCUT2D eigenvalue weighted by molar-refractivity contribution is 0.0121. The van der Waals surface area contributed by atoms with Crippen molar-refractivity contribution >= 4 is 34.2 Å². The summed E-state index contributed by atoms with van der Waals surface area (Å²) in [5.74, 6) is -1.32. The average Bonchev–Trinajstić information content (AvgIpc) is 3.58. The van der Waals surface area contributed by atoms with Gasteiger partial charge in [-0.2, -0.15) is 0 Å². The van der Waals surface area contributed by atoms with Crippen LogP contribution in [-0.2, 0) is 13.0 Å². The Kier molecular flexibility index (Phi) is 8.52. The van der Waals surface area contributed by atoms with Gasteiger partial charge in [0.1, 0.15) is 23.6 Å². The number of aromatic nitrogens is 3. The molecule has 2 aromatic heterocycles. The van der Waals surface area contributed by atoms with Crippen LogP contribution < -0.4 is 15.0 Å². The number of methoxy groups -OCH3 is 1. The lowest BCUT2D eigenvalue weighted by Gasteiger charge is -2.38. The minimum Gasteiger partial charge on any atom is -0.497 e. The largest absolute Gasteiger partial charge is 0.497 e. The van der Waals surface area contributed by atoms with Crippen LogP contribution in [0.3, 0.4) is 0 Å². The van der Waals surface area contributed by atoms with Gasteiger partial charge in [0.25, 0.3) is 5.92 Å². The molecule has 3 aliphatic rings. The molecule has 3 aliphatic heterocycles. The van der Waals surface area contributed by atoms with Gasteiger partial charge < -0.3 is 24.4 Å². The van der Waals surface area contributed by atoms with E-state index in [1.165, 1.54) is 6.33 Å². The molecule has 47 heavy (non-hydrogen) atoms. The number of carbonyl (C=O) groups excluding carboxylic acids is 2. The maximum Gasteiger partial charge on any atom is 0.322 e. The van der Waals surface area contributed by atoms with Gasteiger partial charge in [-0.15, -0.1) is 0 Å². The van der Waals surface area contributed by atoms with Crippen LogP contribution in [0.5, 0.6) is 5.75 Å². The summed E-state index contributed by atoms with van der Waals surface area (Å²) in [6, 6.07) is 15.3. The Morgan fingerprint density at radius 1 is 1.04 bits per heavy atom. The first kappa shape index (κ1) is 31.0. The van der Waals surface area contributed by atoms with Crippen molar-refractivity contribution in [1.82, 2.24) is 24.3 Å². The summed E-state index contributed by atoms with van der Waals surface area (Å²) in [5, 5.41) is 3.90. The molecular weight excluding hydrogens is 604 g/mol. The Hall–Kier alpha value is -4.58. The van der Waals surface area contributed by atoms with Crippen LogP contribution in [0.15, 0.2) is 61.1 Å². The van der Waals surface area contributed by atoms with E-state index in [1.807, 2.05) is 63.0 Å². The minimum atomic E-state index is -2.60. The molecule has 0 saturated carbocycles. The van der Waals surface area contributed by atoms with Crippen molar-refractivity contribution < 1.29 is 23.1 Å². The molecule has 2 amide bonds. The summed E-state index contributed by atoms with van der Waals surface area (Å²) in [7, 11) is 1.64. The fourth-order valence-electron chi connectivity index (χ4n) is 7.17. The van der Waals surface area contributed by atoms with Gasteiger partial charge in [0.2, 0.25) is 5.78 Å². The second-order valence-corrected chi connectivity index (χ2v) is 12.7. The first-order valence-corrected chi connectivity index (χ1v) is 16.3. The lowest BCUT2D eigenvalue weighted by Crippen LogP contribution is -2.49. The smallest absolute Gasteiger partial charge is 0.322 e. The number of hydrogen-bond donors (Lipinski definition) is 1. The number of benzene rings is 2. The fourth-order valence-corrected chi connectivity index (χ4v) is 7.17. The van der Waals surface area contributed by atoms with E-state index in [4.69, 9.17) is 4.74 Å². The Morgan fingerprint density at radius 3 is 2.66 bits per heavy atom. The van der Waals surface area contributed by atoms with E-state index in [2.05, 4.69) is 20.2 Å². The van der Waals surface area contributed by atoms with Crippen LogP contribution >= 0.6 is 0 Å². The van der Waals surface area contributed by atoms with Gasteiger partial charge in [0, 0.05) is 86.1 Å². The summed E-state index contributed by atoms with van der Waals surface area (Å²) >= 11 is 0. The Labute approximate surface area is 272 Å². The van der Waals surface area contributed by atoms with Crippen LogP contribution in [0.25, 0.3) is 10.9 Å². The lowest BCUT2D eigenvalue weighted by atomic mass is 10.0. The topological polar surface area (TPSA) is 95.8 Å². The van der Waals surface area contributed by atoms with E-state index in [-0.39, 0.29) is 30.8 Å². The molecule has 12 heteroatoms. The maximum atomic E-state index is 13.9. The number of para-hydroxylation sites is 1. The number of alkyl halides is 2. The van der Waals surface area contributed by atoms with Crippen LogP contribution in [0, 0.1) is 0 Å². The highest BCUT2D eigenvalue weighted by atomic mass is 19.3. The summed E-state index contributed by atoms with van der Waals surface area (Å²) < 4.78 is 34.6. The molecule has 0 unspecified atom stereocenters. The maximum absolute atomic E-state index is 13.9. The van der Waals surface area contributed by atoms with Gasteiger partial charge in [-0.1, -0.05) is 18.2 Å². The number of hydrogen-bond acceptors (Lipinski definition) is 7. The van der Waals surface area contributed by atoms with E-state index >= 15 is 0 Å². The van der Waals surface area contributed by atoms with Crippen molar-refractivity contribution in [2.24, 2.45) is 0 Å². The molecule has 4 aromatic rings. The first-order valence-electron chi connectivity index (χ1n) is 16.3. The predicted molar refractivity (Wildman–Crippen MR) is 176 cm³/mol. The minimum absolute atomic E-state index is 0.0842. The molecule has 2 saturated heterocycles. The van der Waals surface area contributed by atoms with Crippen LogP contribution in [-0.4, -0.2) is 94.5 Å². The molecule has 0 atom stereocenters. The number of ketones is 1. The number of likely N-dealkylation sites (tertiary alicyclic amines) is 1. The number of nitrogens with one attached hydrogen (secondary N) is 1. The zero-order valence-corrected chi connectivity index (χ0v) is 26.5. The summed E-state index contributed by atoms with van der Waals surface area (Å²) in [5.41, 5.74) is 3.69. The van der Waals surface area contributed by atoms with Crippen LogP contribution in [0.4, 0.5) is 25.1 Å². The number of halogens is 2. The number of ether oxygens (including phenoxy) is 1. The van der Waals surface area contributed by atoms with E-state index in [0.717, 1.165) is 47.2 Å². The molecule has 0 radical (unpaired) electrons. The number of aryl methyl sites for hydroxylation is 1. The second-order valence-electron chi connectivity index (χ2n) is 12.7. The number of urea groups is 1. The predicted octanol–water partition coefficient (Wildman–Crippen LogP) is 5.46. The zero-order chi connectivity index (χ0) is 32.5. The molecule has 0 aliphatic carbocycles. The monoisotopic (exact) mass is 643 g/mol. The van der Waals surface area contributed by atoms with Gasteiger partial charge in [-0.3, -0.25) is 9.69 Å². The Morgan fingerprint density at radius 2 is 1.87 bits per heavy atom. The molecular formula is C35H39F2N7O3. The van der Waals surface area contributed by atoms with Crippen molar-refractivity contribution in [1.29, 1.82) is 0 Å². The van der Waals surface area contributed by atoms with E-state index in [9.17, 15) is 18.4 Å². The van der Waals surface area contributed by atoms with Crippen molar-refractivity contribution in [3.63, 3.8) is 0 Å². The molecule has 2 fully saturated rings. The quantitative estimate of drug-likeness (QED) is 0.242. The van der Waals surface area contributed by atoms with E-state index in [1.54, 1.807) is 13.2 Å². The molecule has 5 heterocycles. The standard InChI is InChI=1S/C35H39F2N7O3/c1-47-26-7-8-29-24(19-26)9-17-44(34(46)40-29)25-10-15-42(16-11-25)32-20-30(38-23-39-32)33(45)28-21-43(31-6-3-2-5-27(28)31)14-4-13-41-18-12-35(36,37)22-41/h2-3,5-8,19-21,23,25H,4,9-18,22H2,1H3,(H,40,46). The fraction of sp³-hybridized carbons (Fsp3) is 0.429. The molecule has 10 nitrogen and oxygen atoms in total. The van der Waals surface area contributed by atoms with Crippen molar-refractivity contribution in [2.75, 3.05) is 56.6 Å². The summed E-state index contributed by atoms with van der Waals surface area (Å²) in [6.45, 7) is 3.46. The van der Waals surface area contributed by atoms with Gasteiger partial charge in [0.05, 0.1) is 13.7 Å². The van der Waals surface area contributed by atoms with Crippen molar-refractivity contribution in [3.05, 3.63) is 77.9 Å². The molecule has 0 bridgehead atoms. The number of nitrogens with zero attached hydrogens (tertiary/aromatic N) is 6. The van der Waals surface area contributed by atoms with Gasteiger partial charge in [0.15, 0.2) is 0 Å². The highest BCUT2D eigenvalue weighted by molar-refractivity contribution is 6.15. The van der Waals surface area contributed by atoms with Crippen molar-refractivity contribution in [2.45, 2.75) is 50.6 Å². The SMILES string of the molecule is COc1ccc2c(c1)CCN(C1CCN(c3cc(C(=O)c4cn(CCCN5CCC(F)(F)C5)c5ccccc45)ncn3)CC1)C(=O)N2. The Balaban J connectivity index is 1.00. The number of anilines is 2. The average molecular weight is 644 g/mol. The second kappa shape index (κ2) is 12.9. The van der Waals surface area contributed by atoms with E-state index < -0.39 is 5.92 Å². The number of amides is 2. The van der Waals surface area contributed by atoms with Gasteiger partial charge in [-0.05, 0) is 55.5 Å². The molecule has 7 rings (SSSR count). The third kappa shape index (κ3) is 6.51.